The van der Waals surface area contributed by atoms with Gasteiger partial charge in [-0.3, -0.25) is 9.59 Å². The maximum atomic E-state index is 11.1. The molecule has 17 heavy (non-hydrogen) atoms. The van der Waals surface area contributed by atoms with Crippen LogP contribution in [0.25, 0.3) is 0 Å². The summed E-state index contributed by atoms with van der Waals surface area (Å²) >= 11 is 0. The van der Waals surface area contributed by atoms with Gasteiger partial charge in [0.25, 0.3) is 0 Å². The predicted octanol–water partition coefficient (Wildman–Crippen LogP) is 1.51. The van der Waals surface area contributed by atoms with E-state index in [-0.39, 0.29) is 18.1 Å². The molecule has 0 aliphatic rings. The lowest BCUT2D eigenvalue weighted by Crippen LogP contribution is -2.40. The van der Waals surface area contributed by atoms with Crippen molar-refractivity contribution in [3.8, 4) is 0 Å². The van der Waals surface area contributed by atoms with Gasteiger partial charge in [-0.15, -0.1) is 0 Å². The van der Waals surface area contributed by atoms with Crippen LogP contribution in [0.3, 0.4) is 0 Å². The number of aliphatic carboxylic acids is 1. The fourth-order valence-electron chi connectivity index (χ4n) is 1.40. The SMILES string of the molecule is CCC(=O)CCCCC(NC(=O)CC)C(=O)O. The molecule has 5 nitrogen and oxygen atoms in total. The van der Waals surface area contributed by atoms with Crippen LogP contribution in [-0.2, 0) is 14.4 Å². The van der Waals surface area contributed by atoms with Crippen LogP contribution in [0.5, 0.6) is 0 Å². The predicted molar refractivity (Wildman–Crippen MR) is 63.6 cm³/mol. The summed E-state index contributed by atoms with van der Waals surface area (Å²) in [7, 11) is 0. The first-order chi connectivity index (χ1) is 8.01. The van der Waals surface area contributed by atoms with Gasteiger partial charge < -0.3 is 10.4 Å². The molecule has 98 valence electrons. The monoisotopic (exact) mass is 243 g/mol. The summed E-state index contributed by atoms with van der Waals surface area (Å²) in [6.07, 6.45) is 2.97. The Hall–Kier alpha value is -1.39. The van der Waals surface area contributed by atoms with Crippen molar-refractivity contribution in [2.24, 2.45) is 0 Å². The normalized spacial score (nSPS) is 11.9. The lowest BCUT2D eigenvalue weighted by Gasteiger charge is -2.13. The molecule has 5 heteroatoms. The van der Waals surface area contributed by atoms with Crippen molar-refractivity contribution >= 4 is 17.7 Å². The van der Waals surface area contributed by atoms with Crippen LogP contribution in [0.2, 0.25) is 0 Å². The summed E-state index contributed by atoms with van der Waals surface area (Å²) in [5.74, 6) is -1.09. The van der Waals surface area contributed by atoms with Gasteiger partial charge in [0.05, 0.1) is 0 Å². The lowest BCUT2D eigenvalue weighted by molar-refractivity contribution is -0.142. The van der Waals surface area contributed by atoms with Crippen molar-refractivity contribution < 1.29 is 19.5 Å². The second-order valence-corrected chi connectivity index (χ2v) is 3.95. The number of amides is 1. The highest BCUT2D eigenvalue weighted by Crippen LogP contribution is 2.06. The quantitative estimate of drug-likeness (QED) is 0.601. The highest BCUT2D eigenvalue weighted by atomic mass is 16.4. The Labute approximate surface area is 102 Å². The van der Waals surface area contributed by atoms with E-state index in [0.717, 1.165) is 0 Å². The Kier molecular flexibility index (Phi) is 8.01. The summed E-state index contributed by atoms with van der Waals surface area (Å²) in [5, 5.41) is 11.3. The maximum Gasteiger partial charge on any atom is 0.326 e. The largest absolute Gasteiger partial charge is 0.480 e. The molecule has 0 aromatic carbocycles. The smallest absolute Gasteiger partial charge is 0.326 e. The van der Waals surface area contributed by atoms with E-state index in [1.165, 1.54) is 0 Å². The number of unbranched alkanes of at least 4 members (excludes halogenated alkanes) is 1. The molecule has 0 bridgehead atoms. The van der Waals surface area contributed by atoms with Gasteiger partial charge in [0, 0.05) is 19.3 Å². The van der Waals surface area contributed by atoms with Crippen LogP contribution >= 0.6 is 0 Å². The molecule has 0 aliphatic carbocycles. The van der Waals surface area contributed by atoms with E-state index in [0.29, 0.717) is 32.1 Å². The second-order valence-electron chi connectivity index (χ2n) is 3.95. The van der Waals surface area contributed by atoms with Crippen molar-refractivity contribution in [1.82, 2.24) is 5.32 Å². The average molecular weight is 243 g/mol. The molecular formula is C12H21NO4. The highest BCUT2D eigenvalue weighted by Gasteiger charge is 2.18. The zero-order valence-corrected chi connectivity index (χ0v) is 10.5. The van der Waals surface area contributed by atoms with E-state index in [9.17, 15) is 14.4 Å². The molecule has 0 radical (unpaired) electrons. The number of carboxylic acid groups (broad SMARTS) is 1. The molecule has 0 aliphatic heterocycles. The molecule has 0 saturated carbocycles. The Morgan fingerprint density at radius 3 is 2.24 bits per heavy atom. The molecular weight excluding hydrogens is 222 g/mol. The van der Waals surface area contributed by atoms with E-state index < -0.39 is 12.0 Å². The first-order valence-electron chi connectivity index (χ1n) is 6.05. The molecule has 0 saturated heterocycles. The molecule has 2 N–H and O–H groups in total. The first-order valence-corrected chi connectivity index (χ1v) is 6.05. The van der Waals surface area contributed by atoms with Gasteiger partial charge in [-0.1, -0.05) is 20.3 Å². The summed E-state index contributed by atoms with van der Waals surface area (Å²) in [6, 6.07) is -0.834. The van der Waals surface area contributed by atoms with Crippen LogP contribution in [0.15, 0.2) is 0 Å². The van der Waals surface area contributed by atoms with Crippen molar-refractivity contribution in [2.45, 2.75) is 58.4 Å². The van der Waals surface area contributed by atoms with E-state index in [1.807, 2.05) is 6.92 Å². The van der Waals surface area contributed by atoms with Crippen LogP contribution in [-0.4, -0.2) is 28.8 Å². The number of ketones is 1. The number of nitrogens with one attached hydrogen (secondary N) is 1. The molecule has 0 rings (SSSR count). The zero-order chi connectivity index (χ0) is 13.3. The maximum absolute atomic E-state index is 11.1. The van der Waals surface area contributed by atoms with Crippen molar-refractivity contribution in [3.63, 3.8) is 0 Å². The minimum Gasteiger partial charge on any atom is -0.480 e. The molecule has 1 amide bonds. The van der Waals surface area contributed by atoms with Crippen molar-refractivity contribution in [3.05, 3.63) is 0 Å². The van der Waals surface area contributed by atoms with Gasteiger partial charge in [-0.2, -0.15) is 0 Å². The number of Topliss-reactive ketones (excluding diaryl/α,β-unsaturated/α-hetero) is 1. The van der Waals surface area contributed by atoms with Gasteiger partial charge in [0.2, 0.25) is 5.91 Å². The second kappa shape index (κ2) is 8.73. The van der Waals surface area contributed by atoms with Crippen LogP contribution in [0.4, 0.5) is 0 Å². The van der Waals surface area contributed by atoms with Crippen LogP contribution < -0.4 is 5.32 Å². The van der Waals surface area contributed by atoms with Gasteiger partial charge in [0.1, 0.15) is 11.8 Å². The molecule has 1 unspecified atom stereocenters. The summed E-state index contributed by atoms with van der Waals surface area (Å²) < 4.78 is 0. The number of carbonyl (C=O) groups excluding carboxylic acids is 2. The molecule has 0 fully saturated rings. The Bertz CT molecular complexity index is 276. The minimum absolute atomic E-state index is 0.189. The average Bonchev–Trinajstić information content (AvgIpc) is 2.31. The van der Waals surface area contributed by atoms with Crippen molar-refractivity contribution in [2.75, 3.05) is 0 Å². The summed E-state index contributed by atoms with van der Waals surface area (Å²) in [4.78, 5) is 33.0. The number of rotatable bonds is 9. The van der Waals surface area contributed by atoms with Crippen molar-refractivity contribution in [1.29, 1.82) is 0 Å². The first kappa shape index (κ1) is 15.6. The standard InChI is InChI=1S/C12H21NO4/c1-3-9(14)7-5-6-8-10(12(16)17)13-11(15)4-2/h10H,3-8H2,1-2H3,(H,13,15)(H,16,17). The molecule has 0 heterocycles. The Balaban J connectivity index is 3.90. The van der Waals surface area contributed by atoms with E-state index in [2.05, 4.69) is 5.32 Å². The lowest BCUT2D eigenvalue weighted by atomic mass is 10.1. The van der Waals surface area contributed by atoms with E-state index >= 15 is 0 Å². The molecule has 0 spiro atoms. The fourth-order valence-corrected chi connectivity index (χ4v) is 1.40. The van der Waals surface area contributed by atoms with Crippen LogP contribution in [0.1, 0.15) is 52.4 Å². The fraction of sp³-hybridized carbons (Fsp3) is 0.750. The Morgan fingerprint density at radius 1 is 1.12 bits per heavy atom. The minimum atomic E-state index is -1.02. The van der Waals surface area contributed by atoms with Gasteiger partial charge in [-0.25, -0.2) is 4.79 Å². The third kappa shape index (κ3) is 7.49. The molecule has 0 aromatic heterocycles. The Morgan fingerprint density at radius 2 is 1.76 bits per heavy atom. The third-order valence-electron chi connectivity index (χ3n) is 2.55. The van der Waals surface area contributed by atoms with Gasteiger partial charge in [0.15, 0.2) is 0 Å². The topological polar surface area (TPSA) is 83.5 Å². The van der Waals surface area contributed by atoms with Gasteiger partial charge >= 0.3 is 5.97 Å². The number of carboxylic acids is 1. The molecule has 0 aromatic rings. The van der Waals surface area contributed by atoms with Gasteiger partial charge in [-0.05, 0) is 12.8 Å². The number of carbonyl (C=O) groups is 3. The molecule has 1 atom stereocenters. The van der Waals surface area contributed by atoms with E-state index in [4.69, 9.17) is 5.11 Å². The third-order valence-corrected chi connectivity index (χ3v) is 2.55. The zero-order valence-electron chi connectivity index (χ0n) is 10.5. The number of hydrogen-bond acceptors (Lipinski definition) is 3. The highest BCUT2D eigenvalue weighted by molar-refractivity contribution is 5.83. The van der Waals surface area contributed by atoms with E-state index in [1.54, 1.807) is 6.92 Å². The van der Waals surface area contributed by atoms with Crippen LogP contribution in [0, 0.1) is 0 Å². The summed E-state index contributed by atoms with van der Waals surface area (Å²) in [5.41, 5.74) is 0. The number of hydrogen-bond donors (Lipinski definition) is 2. The summed E-state index contributed by atoms with van der Waals surface area (Å²) in [6.45, 7) is 3.48.